The zero-order valence-corrected chi connectivity index (χ0v) is 14.0. The summed E-state index contributed by atoms with van der Waals surface area (Å²) in [5.41, 5.74) is 10.3. The van der Waals surface area contributed by atoms with E-state index in [1.165, 1.54) is 5.56 Å². The zero-order valence-electron chi connectivity index (χ0n) is 14.0. The highest BCUT2D eigenvalue weighted by atomic mass is 16.5. The number of phenols is 1. The Morgan fingerprint density at radius 1 is 1.21 bits per heavy atom. The van der Waals surface area contributed by atoms with Crippen molar-refractivity contribution < 1.29 is 9.84 Å². The molecule has 0 saturated heterocycles. The van der Waals surface area contributed by atoms with E-state index in [9.17, 15) is 10.4 Å². The van der Waals surface area contributed by atoms with E-state index >= 15 is 0 Å². The molecule has 0 radical (unpaired) electrons. The van der Waals surface area contributed by atoms with Crippen LogP contribution in [0.3, 0.4) is 0 Å². The fourth-order valence-electron chi connectivity index (χ4n) is 3.19. The number of aromatic hydroxyl groups is 1. The summed E-state index contributed by atoms with van der Waals surface area (Å²) < 4.78 is 5.59. The van der Waals surface area contributed by atoms with Crippen molar-refractivity contribution in [3.05, 3.63) is 70.1 Å². The first-order chi connectivity index (χ1) is 11.4. The summed E-state index contributed by atoms with van der Waals surface area (Å²) in [6.45, 7) is 6.18. The van der Waals surface area contributed by atoms with Crippen LogP contribution < -0.4 is 10.5 Å². The van der Waals surface area contributed by atoms with Crippen molar-refractivity contribution in [3.63, 3.8) is 0 Å². The third kappa shape index (κ3) is 2.59. The summed E-state index contributed by atoms with van der Waals surface area (Å²) in [7, 11) is 0. The molecule has 0 fully saturated rings. The Balaban J connectivity index is 2.20. The predicted octanol–water partition coefficient (Wildman–Crippen LogP) is 4.04. The molecule has 1 aliphatic rings. The first-order valence-corrected chi connectivity index (χ1v) is 7.93. The summed E-state index contributed by atoms with van der Waals surface area (Å²) in [4.78, 5) is 0. The van der Waals surface area contributed by atoms with E-state index in [-0.39, 0.29) is 17.6 Å². The number of aryl methyl sites for hydroxylation is 1. The Kier molecular flexibility index (Phi) is 3.94. The van der Waals surface area contributed by atoms with E-state index < -0.39 is 0 Å². The van der Waals surface area contributed by atoms with Gasteiger partial charge in [-0.25, -0.2) is 0 Å². The smallest absolute Gasteiger partial charge is 0.205 e. The molecule has 2 aromatic carbocycles. The molecular formula is C20H20N2O2. The van der Waals surface area contributed by atoms with E-state index in [2.05, 4.69) is 32.0 Å². The van der Waals surface area contributed by atoms with Gasteiger partial charge in [0.2, 0.25) is 5.88 Å². The molecule has 122 valence electrons. The van der Waals surface area contributed by atoms with Crippen molar-refractivity contribution in [2.24, 2.45) is 5.73 Å². The van der Waals surface area contributed by atoms with E-state index in [0.717, 1.165) is 16.7 Å². The minimum absolute atomic E-state index is 0.0907. The highest BCUT2D eigenvalue weighted by Gasteiger charge is 2.32. The van der Waals surface area contributed by atoms with E-state index in [1.807, 2.05) is 19.1 Å². The van der Waals surface area contributed by atoms with Gasteiger partial charge in [0.15, 0.2) is 0 Å². The Labute approximate surface area is 141 Å². The second-order valence-corrected chi connectivity index (χ2v) is 6.42. The number of hydrogen-bond acceptors (Lipinski definition) is 4. The lowest BCUT2D eigenvalue weighted by Gasteiger charge is -2.28. The first kappa shape index (κ1) is 15.9. The topological polar surface area (TPSA) is 79.3 Å². The zero-order chi connectivity index (χ0) is 17.4. The third-order valence-corrected chi connectivity index (χ3v) is 4.45. The maximum atomic E-state index is 9.83. The van der Waals surface area contributed by atoms with Gasteiger partial charge in [-0.05, 0) is 35.6 Å². The number of ether oxygens (including phenoxy) is 1. The van der Waals surface area contributed by atoms with Crippen LogP contribution >= 0.6 is 0 Å². The molecule has 0 spiro atoms. The molecule has 24 heavy (non-hydrogen) atoms. The number of phenolic OH excluding ortho intramolecular Hbond substituents is 1. The predicted molar refractivity (Wildman–Crippen MR) is 92.7 cm³/mol. The third-order valence-electron chi connectivity index (χ3n) is 4.45. The minimum atomic E-state index is -0.291. The molecule has 3 rings (SSSR count). The lowest BCUT2D eigenvalue weighted by Crippen LogP contribution is -2.21. The van der Waals surface area contributed by atoms with Crippen LogP contribution in [0.1, 0.15) is 47.9 Å². The van der Waals surface area contributed by atoms with Crippen LogP contribution in [0.25, 0.3) is 0 Å². The summed E-state index contributed by atoms with van der Waals surface area (Å²) in [6.07, 6.45) is 0. The largest absolute Gasteiger partial charge is 0.508 e. The summed E-state index contributed by atoms with van der Waals surface area (Å²) in [5, 5.41) is 19.4. The Morgan fingerprint density at radius 2 is 1.88 bits per heavy atom. The maximum Gasteiger partial charge on any atom is 0.205 e. The number of benzene rings is 2. The molecular weight excluding hydrogens is 300 g/mol. The average Bonchev–Trinajstić information content (AvgIpc) is 2.53. The number of nitriles is 1. The second kappa shape index (κ2) is 5.93. The molecule has 1 heterocycles. The highest BCUT2D eigenvalue weighted by Crippen LogP contribution is 2.45. The number of nitrogens with zero attached hydrogens (tertiary/aromatic N) is 1. The molecule has 1 unspecified atom stereocenters. The molecule has 4 heteroatoms. The summed E-state index contributed by atoms with van der Waals surface area (Å²) in [5.74, 6) is 0.861. The van der Waals surface area contributed by atoms with E-state index in [4.69, 9.17) is 10.5 Å². The van der Waals surface area contributed by atoms with Crippen molar-refractivity contribution in [1.82, 2.24) is 0 Å². The molecule has 0 bridgehead atoms. The van der Waals surface area contributed by atoms with Gasteiger partial charge in [-0.1, -0.05) is 38.1 Å². The van der Waals surface area contributed by atoms with Crippen LogP contribution in [-0.2, 0) is 0 Å². The van der Waals surface area contributed by atoms with Gasteiger partial charge in [-0.3, -0.25) is 0 Å². The van der Waals surface area contributed by atoms with Gasteiger partial charge in [0, 0.05) is 11.6 Å². The molecule has 3 N–H and O–H groups in total. The number of fused-ring (bicyclic) bond motifs is 1. The Morgan fingerprint density at radius 3 is 2.46 bits per heavy atom. The van der Waals surface area contributed by atoms with Crippen molar-refractivity contribution >= 4 is 0 Å². The SMILES string of the molecule is Cc1cc(O)cc2c1C(c1ccc(C(C)C)cc1)C(C#N)=C(N)O2. The Bertz CT molecular complexity index is 858. The fraction of sp³-hybridized carbons (Fsp3) is 0.250. The molecule has 0 aromatic heterocycles. The normalized spacial score (nSPS) is 16.5. The Hall–Kier alpha value is -2.93. The van der Waals surface area contributed by atoms with Gasteiger partial charge in [-0.15, -0.1) is 0 Å². The molecule has 0 amide bonds. The van der Waals surface area contributed by atoms with Crippen molar-refractivity contribution in [2.45, 2.75) is 32.6 Å². The van der Waals surface area contributed by atoms with Gasteiger partial charge in [0.05, 0.1) is 5.92 Å². The summed E-state index contributed by atoms with van der Waals surface area (Å²) >= 11 is 0. The van der Waals surface area contributed by atoms with Crippen LogP contribution in [0, 0.1) is 18.3 Å². The van der Waals surface area contributed by atoms with Crippen LogP contribution in [-0.4, -0.2) is 5.11 Å². The molecule has 1 aliphatic heterocycles. The number of nitrogens with two attached hydrogens (primary N) is 1. The lowest BCUT2D eigenvalue weighted by atomic mass is 9.81. The number of rotatable bonds is 2. The quantitative estimate of drug-likeness (QED) is 0.875. The molecule has 0 aliphatic carbocycles. The number of allylic oxidation sites excluding steroid dienone is 1. The highest BCUT2D eigenvalue weighted by molar-refractivity contribution is 5.60. The minimum Gasteiger partial charge on any atom is -0.508 e. The van der Waals surface area contributed by atoms with Crippen LogP contribution in [0.2, 0.25) is 0 Å². The lowest BCUT2D eigenvalue weighted by molar-refractivity contribution is 0.387. The average molecular weight is 320 g/mol. The standard InChI is InChI=1S/C20H20N2O2/c1-11(2)13-4-6-14(7-5-13)19-16(10-21)20(22)24-17-9-15(23)8-12(3)18(17)19/h4-9,11,19,23H,22H2,1-3H3. The molecule has 4 nitrogen and oxygen atoms in total. The number of hydrogen-bond donors (Lipinski definition) is 2. The second-order valence-electron chi connectivity index (χ2n) is 6.42. The maximum absolute atomic E-state index is 9.83. The fourth-order valence-corrected chi connectivity index (χ4v) is 3.19. The molecule has 2 aromatic rings. The van der Waals surface area contributed by atoms with Crippen LogP contribution in [0.15, 0.2) is 47.9 Å². The first-order valence-electron chi connectivity index (χ1n) is 7.93. The molecule has 1 atom stereocenters. The van der Waals surface area contributed by atoms with Crippen molar-refractivity contribution in [1.29, 1.82) is 5.26 Å². The van der Waals surface area contributed by atoms with Gasteiger partial charge in [-0.2, -0.15) is 5.26 Å². The van der Waals surface area contributed by atoms with Gasteiger partial charge >= 0.3 is 0 Å². The summed E-state index contributed by atoms with van der Waals surface area (Å²) in [6, 6.07) is 13.6. The van der Waals surface area contributed by atoms with Crippen molar-refractivity contribution in [3.8, 4) is 17.6 Å². The van der Waals surface area contributed by atoms with Gasteiger partial charge in [0.25, 0.3) is 0 Å². The van der Waals surface area contributed by atoms with E-state index in [1.54, 1.807) is 12.1 Å². The van der Waals surface area contributed by atoms with Gasteiger partial charge < -0.3 is 15.6 Å². The monoisotopic (exact) mass is 320 g/mol. The van der Waals surface area contributed by atoms with Gasteiger partial charge in [0.1, 0.15) is 23.1 Å². The van der Waals surface area contributed by atoms with Crippen molar-refractivity contribution in [2.75, 3.05) is 0 Å². The van der Waals surface area contributed by atoms with E-state index in [0.29, 0.717) is 17.2 Å². The van der Waals surface area contributed by atoms with Crippen LogP contribution in [0.4, 0.5) is 0 Å². The molecule has 0 saturated carbocycles. The van der Waals surface area contributed by atoms with Crippen LogP contribution in [0.5, 0.6) is 11.5 Å².